The van der Waals surface area contributed by atoms with Gasteiger partial charge in [0, 0.05) is 20.0 Å². The normalized spacial score (nSPS) is 11.7. The Hall–Kier alpha value is -2.42. The van der Waals surface area contributed by atoms with Gasteiger partial charge in [0.2, 0.25) is 0 Å². The van der Waals surface area contributed by atoms with Gasteiger partial charge in [-0.1, -0.05) is 182 Å². The molecule has 0 aliphatic rings. The molecule has 62 heavy (non-hydrogen) atoms. The number of aromatic nitrogens is 2. The molecule has 0 aliphatic heterocycles. The Morgan fingerprint density at radius 1 is 0.597 bits per heavy atom. The lowest BCUT2D eigenvalue weighted by atomic mass is 10.0. The minimum Gasteiger partial charge on any atom is -0.465 e. The highest BCUT2D eigenvalue weighted by Crippen LogP contribution is 2.19. The summed E-state index contributed by atoms with van der Waals surface area (Å²) in [5, 5.41) is 6.64. The summed E-state index contributed by atoms with van der Waals surface area (Å²) in [6, 6.07) is 0. The van der Waals surface area contributed by atoms with Gasteiger partial charge in [0.25, 0.3) is 6.47 Å². The number of hydrogen-bond donors (Lipinski definition) is 2. The maximum Gasteiger partial charge on any atom is 0.306 e. The molecule has 0 saturated carbocycles. The van der Waals surface area contributed by atoms with Crippen molar-refractivity contribution in [1.82, 2.24) is 14.9 Å². The van der Waals surface area contributed by atoms with E-state index >= 15 is 0 Å². The monoisotopic (exact) mass is 874 g/mol. The molecule has 0 radical (unpaired) electrons. The van der Waals surface area contributed by atoms with Crippen molar-refractivity contribution in [3.8, 4) is 0 Å². The first-order valence-corrected chi connectivity index (χ1v) is 26.7. The van der Waals surface area contributed by atoms with Crippen LogP contribution in [-0.4, -0.2) is 72.7 Å². The third-order valence-corrected chi connectivity index (χ3v) is 12.2. The molecule has 9 heteroatoms. The van der Waals surface area contributed by atoms with Gasteiger partial charge in [-0.05, 0) is 90.3 Å². The average Bonchev–Trinajstić information content (AvgIpc) is 3.28. The van der Waals surface area contributed by atoms with Gasteiger partial charge in [-0.2, -0.15) is 0 Å². The predicted octanol–water partition coefficient (Wildman–Crippen LogP) is 15.4. The molecule has 0 saturated heterocycles. The number of rotatable bonds is 46. The van der Waals surface area contributed by atoms with Crippen LogP contribution in [-0.2, 0) is 19.1 Å². The number of carbonyl (C=O) groups excluding carboxylic acids is 2. The Balaban J connectivity index is 0.00000226. The largest absolute Gasteiger partial charge is 0.465 e. The molecule has 1 unspecified atom stereocenters. The van der Waals surface area contributed by atoms with Crippen molar-refractivity contribution in [2.45, 2.75) is 272 Å². The molecule has 1 aromatic rings. The van der Waals surface area contributed by atoms with Crippen molar-refractivity contribution >= 4 is 23.9 Å². The van der Waals surface area contributed by atoms with Crippen molar-refractivity contribution in [2.75, 3.05) is 43.9 Å². The molecule has 1 rings (SSSR count). The number of ether oxygens (including phenoxy) is 2. The van der Waals surface area contributed by atoms with Gasteiger partial charge in [-0.15, -0.1) is 0 Å². The van der Waals surface area contributed by atoms with Crippen molar-refractivity contribution in [2.24, 2.45) is 0 Å². The SMILES string of the molecule is CCCCCCCCC(CC)OC=O.CCCCCCCCC(CCCCCCCC)OC(=O)CCCCCCCN(CCCCCCCC)CCCNc1cncnc1NC. The topological polar surface area (TPSA) is 106 Å². The fraction of sp³-hybridized carbons (Fsp3) is 0.887. The first-order chi connectivity index (χ1) is 30.5. The van der Waals surface area contributed by atoms with Crippen LogP contribution in [0, 0.1) is 0 Å². The van der Waals surface area contributed by atoms with E-state index < -0.39 is 0 Å². The molecule has 1 heterocycles. The molecular weight excluding hydrogens is 771 g/mol. The highest BCUT2D eigenvalue weighted by atomic mass is 16.5. The maximum absolute atomic E-state index is 12.8. The van der Waals surface area contributed by atoms with Crippen LogP contribution in [0.2, 0.25) is 0 Å². The second-order valence-electron chi connectivity index (χ2n) is 18.0. The van der Waals surface area contributed by atoms with Crippen LogP contribution in [0.15, 0.2) is 12.5 Å². The molecule has 1 atom stereocenters. The number of unbranched alkanes of at least 4 members (excludes halogenated alkanes) is 24. The first kappa shape index (κ1) is 59.6. The summed E-state index contributed by atoms with van der Waals surface area (Å²) in [7, 11) is 1.90. The van der Waals surface area contributed by atoms with E-state index in [-0.39, 0.29) is 18.2 Å². The molecule has 2 N–H and O–H groups in total. The second kappa shape index (κ2) is 48.0. The van der Waals surface area contributed by atoms with Crippen molar-refractivity contribution in [3.63, 3.8) is 0 Å². The van der Waals surface area contributed by atoms with Crippen LogP contribution in [0.25, 0.3) is 0 Å². The zero-order valence-electron chi connectivity index (χ0n) is 41.9. The lowest BCUT2D eigenvalue weighted by Gasteiger charge is -2.23. The van der Waals surface area contributed by atoms with E-state index in [0.717, 1.165) is 69.5 Å². The minimum atomic E-state index is 0.0413. The lowest BCUT2D eigenvalue weighted by Crippen LogP contribution is -2.28. The molecule has 1 aromatic heterocycles. The van der Waals surface area contributed by atoms with Gasteiger partial charge in [0.15, 0.2) is 5.82 Å². The first-order valence-electron chi connectivity index (χ1n) is 26.7. The standard InChI is InChI=1S/C41H79N5O2.C12H24O2/c1-5-8-11-14-18-23-29-38(30-24-19-15-12-9-6-2)48-40(47)31-25-20-17-22-27-34-46(33-26-21-16-13-10-7-3)35-28-32-44-39-36-43-37-45-41(39)42-4;1-3-5-6-7-8-9-10-12(4-2)14-11-13/h36-38,44H,5-35H2,1-4H3,(H,42,43,45);11-12H,3-10H2,1-2H3. The smallest absolute Gasteiger partial charge is 0.306 e. The fourth-order valence-electron chi connectivity index (χ4n) is 8.18. The zero-order valence-corrected chi connectivity index (χ0v) is 41.9. The van der Waals surface area contributed by atoms with E-state index in [4.69, 9.17) is 9.47 Å². The lowest BCUT2D eigenvalue weighted by molar-refractivity contribution is -0.150. The van der Waals surface area contributed by atoms with Gasteiger partial charge in [-0.25, -0.2) is 9.97 Å². The number of nitrogens with one attached hydrogen (secondary N) is 2. The van der Waals surface area contributed by atoms with Gasteiger partial charge >= 0.3 is 5.97 Å². The van der Waals surface area contributed by atoms with Crippen molar-refractivity contribution < 1.29 is 19.1 Å². The highest BCUT2D eigenvalue weighted by molar-refractivity contribution is 5.69. The van der Waals surface area contributed by atoms with Crippen molar-refractivity contribution in [1.29, 1.82) is 0 Å². The van der Waals surface area contributed by atoms with Crippen LogP contribution in [0.4, 0.5) is 11.5 Å². The Morgan fingerprint density at radius 3 is 1.50 bits per heavy atom. The second-order valence-corrected chi connectivity index (χ2v) is 18.0. The molecule has 0 aromatic carbocycles. The van der Waals surface area contributed by atoms with Gasteiger partial charge in [-0.3, -0.25) is 9.59 Å². The summed E-state index contributed by atoms with van der Waals surface area (Å²) in [6.07, 6.45) is 46.6. The van der Waals surface area contributed by atoms with E-state index in [9.17, 15) is 9.59 Å². The van der Waals surface area contributed by atoms with E-state index in [2.05, 4.69) is 60.1 Å². The Labute approximate surface area is 384 Å². The molecular formula is C53H103N5O4. The van der Waals surface area contributed by atoms with Crippen molar-refractivity contribution in [3.05, 3.63) is 12.5 Å². The Bertz CT molecular complexity index is 1060. The third kappa shape index (κ3) is 39.2. The predicted molar refractivity (Wildman–Crippen MR) is 267 cm³/mol. The summed E-state index contributed by atoms with van der Waals surface area (Å²) in [5.74, 6) is 0.892. The molecule has 0 bridgehead atoms. The van der Waals surface area contributed by atoms with Gasteiger partial charge in [0.05, 0.1) is 11.9 Å². The molecule has 0 spiro atoms. The van der Waals surface area contributed by atoms with E-state index in [1.54, 1.807) is 6.33 Å². The summed E-state index contributed by atoms with van der Waals surface area (Å²) in [6.45, 7) is 16.1. The summed E-state index contributed by atoms with van der Waals surface area (Å²) in [4.78, 5) is 34.0. The summed E-state index contributed by atoms with van der Waals surface area (Å²) >= 11 is 0. The summed E-state index contributed by atoms with van der Waals surface area (Å²) < 4.78 is 11.0. The quantitative estimate of drug-likeness (QED) is 0.0376. The fourth-order valence-corrected chi connectivity index (χ4v) is 8.18. The van der Waals surface area contributed by atoms with E-state index in [1.807, 2.05) is 13.2 Å². The number of carbonyl (C=O) groups is 2. The Kier molecular flexibility index (Phi) is 46.2. The number of anilines is 2. The van der Waals surface area contributed by atoms with E-state index in [0.29, 0.717) is 12.9 Å². The van der Waals surface area contributed by atoms with Crippen LogP contribution < -0.4 is 10.6 Å². The summed E-state index contributed by atoms with van der Waals surface area (Å²) in [5.41, 5.74) is 0.970. The maximum atomic E-state index is 12.8. The van der Waals surface area contributed by atoms with E-state index in [1.165, 1.54) is 186 Å². The number of nitrogens with zero attached hydrogens (tertiary/aromatic N) is 3. The zero-order chi connectivity index (χ0) is 45.4. The van der Waals surface area contributed by atoms with Crippen LogP contribution in [0.1, 0.15) is 259 Å². The highest BCUT2D eigenvalue weighted by Gasteiger charge is 2.15. The minimum absolute atomic E-state index is 0.0413. The molecule has 0 amide bonds. The molecule has 9 nitrogen and oxygen atoms in total. The van der Waals surface area contributed by atoms with Crippen LogP contribution in [0.3, 0.4) is 0 Å². The molecule has 364 valence electrons. The molecule has 0 fully saturated rings. The van der Waals surface area contributed by atoms with Crippen LogP contribution in [0.5, 0.6) is 0 Å². The van der Waals surface area contributed by atoms with Gasteiger partial charge in [0.1, 0.15) is 18.5 Å². The van der Waals surface area contributed by atoms with Gasteiger partial charge < -0.3 is 25.0 Å². The van der Waals surface area contributed by atoms with Crippen LogP contribution >= 0.6 is 0 Å². The average molecular weight is 874 g/mol. The third-order valence-electron chi connectivity index (χ3n) is 12.2. The molecule has 0 aliphatic carbocycles. The number of esters is 1. The Morgan fingerprint density at radius 2 is 1.03 bits per heavy atom. The number of hydrogen-bond acceptors (Lipinski definition) is 9.